The van der Waals surface area contributed by atoms with Crippen molar-refractivity contribution in [2.75, 3.05) is 0 Å². The Morgan fingerprint density at radius 1 is 1.33 bits per heavy atom. The number of hydrogen-bond acceptors (Lipinski definition) is 5. The Bertz CT molecular complexity index is 388. The van der Waals surface area contributed by atoms with Crippen LogP contribution in [-0.2, 0) is 22.3 Å². The summed E-state index contributed by atoms with van der Waals surface area (Å²) in [4.78, 5) is 25.5. The first-order valence-corrected chi connectivity index (χ1v) is 8.67. The van der Waals surface area contributed by atoms with Gasteiger partial charge in [-0.2, -0.15) is 4.31 Å². The van der Waals surface area contributed by atoms with E-state index in [1.54, 1.807) is 13.7 Å². The third kappa shape index (κ3) is 3.25. The van der Waals surface area contributed by atoms with Crippen molar-refractivity contribution in [3.05, 3.63) is 0 Å². The molecule has 88 valence electrons. The van der Waals surface area contributed by atoms with E-state index in [0.717, 1.165) is 0 Å². The normalized spacial score (nSPS) is 35.0. The molecule has 0 aliphatic carbocycles. The SMILES string of the molecule is CB1[C@H](C)P1(=O)OP(=O)(O)OP(=O)(O)O. The van der Waals surface area contributed by atoms with E-state index in [9.17, 15) is 13.7 Å². The molecule has 3 atom stereocenters. The molecule has 1 fully saturated rings. The van der Waals surface area contributed by atoms with E-state index in [1.165, 1.54) is 0 Å². The summed E-state index contributed by atoms with van der Waals surface area (Å²) in [7, 11) is -13.4. The predicted octanol–water partition coefficient (Wildman–Crippen LogP) is 1.05. The van der Waals surface area contributed by atoms with Gasteiger partial charge in [-0.1, -0.05) is 13.7 Å². The molecule has 1 saturated heterocycles. The molecule has 1 heterocycles. The summed E-state index contributed by atoms with van der Waals surface area (Å²) >= 11 is 0. The Morgan fingerprint density at radius 2 is 1.73 bits per heavy atom. The molecule has 0 aromatic carbocycles. The predicted molar refractivity (Wildman–Crippen MR) is 52.7 cm³/mol. The molecule has 1 aliphatic heterocycles. The Kier molecular flexibility index (Phi) is 3.44. The van der Waals surface area contributed by atoms with Gasteiger partial charge in [0.1, 0.15) is 0 Å². The Balaban J connectivity index is 2.71. The molecular formula is C3H10BO8P3. The zero-order valence-electron chi connectivity index (χ0n) is 7.88. The second kappa shape index (κ2) is 3.79. The average molecular weight is 278 g/mol. The highest BCUT2D eigenvalue weighted by atomic mass is 31.3. The van der Waals surface area contributed by atoms with E-state index in [0.29, 0.717) is 0 Å². The Labute approximate surface area is 86.3 Å². The second-order valence-electron chi connectivity index (χ2n) is 3.25. The van der Waals surface area contributed by atoms with Crippen LogP contribution >= 0.6 is 22.9 Å². The number of rotatable bonds is 4. The first-order valence-electron chi connectivity index (χ1n) is 3.88. The molecule has 1 aliphatic rings. The minimum atomic E-state index is -5.14. The topological polar surface area (TPSA) is 130 Å². The zero-order chi connectivity index (χ0) is 12.1. The van der Waals surface area contributed by atoms with Crippen LogP contribution in [0.5, 0.6) is 0 Å². The summed E-state index contributed by atoms with van der Waals surface area (Å²) in [5, 5.41) is 0. The Morgan fingerprint density at radius 3 is 2.00 bits per heavy atom. The molecule has 0 spiro atoms. The first kappa shape index (κ1) is 13.6. The van der Waals surface area contributed by atoms with Gasteiger partial charge in [-0.15, -0.1) is 0 Å². The molecule has 0 aromatic rings. The van der Waals surface area contributed by atoms with Crippen molar-refractivity contribution in [3.8, 4) is 0 Å². The van der Waals surface area contributed by atoms with Gasteiger partial charge in [-0.25, -0.2) is 13.4 Å². The lowest BCUT2D eigenvalue weighted by Crippen LogP contribution is -1.89. The van der Waals surface area contributed by atoms with Crippen molar-refractivity contribution in [1.82, 2.24) is 0 Å². The lowest BCUT2D eigenvalue weighted by molar-refractivity contribution is 0.232. The van der Waals surface area contributed by atoms with E-state index in [2.05, 4.69) is 8.62 Å². The number of phosphoric acid groups is 2. The van der Waals surface area contributed by atoms with Crippen LogP contribution in [0.1, 0.15) is 6.92 Å². The summed E-state index contributed by atoms with van der Waals surface area (Å²) in [6.45, 7) is 3.09. The van der Waals surface area contributed by atoms with Crippen molar-refractivity contribution in [2.24, 2.45) is 0 Å². The van der Waals surface area contributed by atoms with E-state index in [-0.39, 0.29) is 0 Å². The lowest BCUT2D eigenvalue weighted by Gasteiger charge is -2.12. The molecule has 2 unspecified atom stereocenters. The summed E-state index contributed by atoms with van der Waals surface area (Å²) in [5.74, 6) is 0. The van der Waals surface area contributed by atoms with Crippen LogP contribution in [0, 0.1) is 0 Å². The molecule has 0 radical (unpaired) electrons. The highest BCUT2D eigenvalue weighted by Crippen LogP contribution is 2.79. The third-order valence-corrected chi connectivity index (χ3v) is 8.53. The zero-order valence-corrected chi connectivity index (χ0v) is 10.6. The fraction of sp³-hybridized carbons (Fsp3) is 1.00. The van der Waals surface area contributed by atoms with Crippen LogP contribution in [0.2, 0.25) is 6.82 Å². The molecule has 0 amide bonds. The molecule has 15 heavy (non-hydrogen) atoms. The van der Waals surface area contributed by atoms with Crippen LogP contribution < -0.4 is 0 Å². The minimum Gasteiger partial charge on any atom is -0.304 e. The largest absolute Gasteiger partial charge is 0.486 e. The summed E-state index contributed by atoms with van der Waals surface area (Å²) in [6, 6.07) is 0. The first-order chi connectivity index (χ1) is 6.48. The van der Waals surface area contributed by atoms with Gasteiger partial charge in [-0.05, 0) is 0 Å². The van der Waals surface area contributed by atoms with Crippen LogP contribution in [0.15, 0.2) is 0 Å². The summed E-state index contributed by atoms with van der Waals surface area (Å²) < 4.78 is 40.7. The molecule has 8 nitrogen and oxygen atoms in total. The molecular weight excluding hydrogens is 268 g/mol. The second-order valence-corrected chi connectivity index (χ2v) is 9.39. The molecule has 0 bridgehead atoms. The van der Waals surface area contributed by atoms with Crippen molar-refractivity contribution in [3.63, 3.8) is 0 Å². The Hall–Kier alpha value is 0.555. The van der Waals surface area contributed by atoms with Gasteiger partial charge in [-0.3, -0.25) is 0 Å². The van der Waals surface area contributed by atoms with Gasteiger partial charge in [0, 0.05) is 5.56 Å². The van der Waals surface area contributed by atoms with Gasteiger partial charge < -0.3 is 19.2 Å². The summed E-state index contributed by atoms with van der Waals surface area (Å²) in [6.07, 6.45) is -0.404. The molecule has 0 saturated carbocycles. The quantitative estimate of drug-likeness (QED) is 0.513. The molecule has 0 aromatic heterocycles. The van der Waals surface area contributed by atoms with Crippen LogP contribution in [0.3, 0.4) is 0 Å². The lowest BCUT2D eigenvalue weighted by atomic mass is 9.79. The highest BCUT2D eigenvalue weighted by molar-refractivity contribution is 8.09. The maximum atomic E-state index is 11.6. The van der Waals surface area contributed by atoms with Gasteiger partial charge in [0.15, 0.2) is 7.25 Å². The van der Waals surface area contributed by atoms with E-state index < -0.39 is 34.9 Å². The standard InChI is InChI=1S/C3H10BO8P3/c1-3-4(2)13(3,5)11-15(9,10)12-14(6,7)8/h3H,1-2H3,(H,9,10)(H2,6,7,8)/t3-,13?/m0/s1. The number of hydrogen-bond donors (Lipinski definition) is 3. The van der Waals surface area contributed by atoms with Crippen molar-refractivity contribution in [1.29, 1.82) is 0 Å². The monoisotopic (exact) mass is 278 g/mol. The van der Waals surface area contributed by atoms with Gasteiger partial charge in [0.2, 0.25) is 0 Å². The van der Waals surface area contributed by atoms with E-state index >= 15 is 0 Å². The van der Waals surface area contributed by atoms with Crippen LogP contribution in [-0.4, -0.2) is 26.7 Å². The van der Waals surface area contributed by atoms with Crippen molar-refractivity contribution < 1.29 is 37.0 Å². The fourth-order valence-electron chi connectivity index (χ4n) is 1.08. The van der Waals surface area contributed by atoms with E-state index in [4.69, 9.17) is 14.7 Å². The smallest absolute Gasteiger partial charge is 0.304 e. The van der Waals surface area contributed by atoms with Crippen LogP contribution in [0.25, 0.3) is 0 Å². The van der Waals surface area contributed by atoms with Gasteiger partial charge in [0.25, 0.3) is 6.43 Å². The van der Waals surface area contributed by atoms with Gasteiger partial charge >= 0.3 is 15.6 Å². The van der Waals surface area contributed by atoms with Gasteiger partial charge in [0.05, 0.1) is 0 Å². The maximum absolute atomic E-state index is 11.6. The van der Waals surface area contributed by atoms with Crippen molar-refractivity contribution in [2.45, 2.75) is 19.3 Å². The highest BCUT2D eigenvalue weighted by Gasteiger charge is 2.64. The van der Waals surface area contributed by atoms with E-state index in [1.807, 2.05) is 0 Å². The van der Waals surface area contributed by atoms with Crippen molar-refractivity contribution >= 4 is 29.3 Å². The molecule has 12 heteroatoms. The maximum Gasteiger partial charge on any atom is 0.486 e. The molecule has 3 N–H and O–H groups in total. The fourth-order valence-corrected chi connectivity index (χ4v) is 6.59. The minimum absolute atomic E-state index is 0.404. The molecule has 1 rings (SSSR count). The average Bonchev–Trinajstić information content (AvgIpc) is 2.33. The third-order valence-electron chi connectivity index (χ3n) is 2.18. The summed E-state index contributed by atoms with van der Waals surface area (Å²) in [5.41, 5.74) is -0.404. The van der Waals surface area contributed by atoms with Crippen LogP contribution in [0.4, 0.5) is 0 Å².